The summed E-state index contributed by atoms with van der Waals surface area (Å²) >= 11 is 0. The highest BCUT2D eigenvalue weighted by molar-refractivity contribution is 5.84. The molecule has 0 radical (unpaired) electrons. The van der Waals surface area contributed by atoms with Crippen molar-refractivity contribution >= 4 is 5.97 Å². The monoisotopic (exact) mass is 263 g/mol. The number of carboxylic acid groups (broad SMARTS) is 1. The second-order valence-corrected chi connectivity index (χ2v) is 7.18. The van der Waals surface area contributed by atoms with Crippen molar-refractivity contribution in [2.75, 3.05) is 0 Å². The molecule has 2 fully saturated rings. The Morgan fingerprint density at radius 3 is 1.95 bits per heavy atom. The zero-order chi connectivity index (χ0) is 15.0. The van der Waals surface area contributed by atoms with E-state index in [9.17, 15) is 9.90 Å². The fourth-order valence-electron chi connectivity index (χ4n) is 3.87. The van der Waals surface area contributed by atoms with Gasteiger partial charge >= 0.3 is 0 Å². The van der Waals surface area contributed by atoms with Gasteiger partial charge in [0.2, 0.25) is 0 Å². The number of allylic oxidation sites excluding steroid dienone is 1. The summed E-state index contributed by atoms with van der Waals surface area (Å²) in [5.74, 6) is -0.288. The molecule has 0 saturated heterocycles. The van der Waals surface area contributed by atoms with Crippen LogP contribution in [-0.4, -0.2) is 5.97 Å². The van der Waals surface area contributed by atoms with Crippen molar-refractivity contribution in [3.05, 3.63) is 24.3 Å². The average Bonchev–Trinajstić information content (AvgIpc) is 2.58. The normalized spacial score (nSPS) is 34.4. The van der Waals surface area contributed by atoms with Crippen LogP contribution in [0.1, 0.15) is 53.9 Å². The molecule has 0 amide bonds. The number of rotatable bonds is 2. The lowest BCUT2D eigenvalue weighted by atomic mass is 9.65. The largest absolute Gasteiger partial charge is 0.545 e. The number of aliphatic carboxylic acids is 1. The molecule has 108 valence electrons. The van der Waals surface area contributed by atoms with E-state index >= 15 is 0 Å². The van der Waals surface area contributed by atoms with Crippen LogP contribution in [0.4, 0.5) is 0 Å². The van der Waals surface area contributed by atoms with Crippen molar-refractivity contribution < 1.29 is 9.90 Å². The average molecular weight is 263 g/mol. The second-order valence-electron chi connectivity index (χ2n) is 7.18. The van der Waals surface area contributed by atoms with Crippen molar-refractivity contribution in [3.8, 4) is 0 Å². The maximum atomic E-state index is 10.9. The van der Waals surface area contributed by atoms with Gasteiger partial charge in [0.25, 0.3) is 0 Å². The van der Waals surface area contributed by atoms with E-state index in [-0.39, 0.29) is 16.7 Å². The minimum absolute atomic E-state index is 0.106. The van der Waals surface area contributed by atoms with Gasteiger partial charge in [0.05, 0.1) is 5.97 Å². The Balaban J connectivity index is 0.000000399. The summed E-state index contributed by atoms with van der Waals surface area (Å²) in [5, 5.41) is 10.9. The van der Waals surface area contributed by atoms with Gasteiger partial charge < -0.3 is 9.90 Å². The van der Waals surface area contributed by atoms with Crippen LogP contribution in [0.2, 0.25) is 0 Å². The molecule has 2 saturated carbocycles. The molecule has 2 bridgehead atoms. The Morgan fingerprint density at radius 2 is 1.68 bits per heavy atom. The van der Waals surface area contributed by atoms with Gasteiger partial charge in [0, 0.05) is 0 Å². The lowest BCUT2D eigenvalue weighted by Gasteiger charge is -2.40. The van der Waals surface area contributed by atoms with Gasteiger partial charge in [-0.1, -0.05) is 32.9 Å². The highest BCUT2D eigenvalue weighted by Gasteiger charge is 2.61. The van der Waals surface area contributed by atoms with Crippen LogP contribution in [0.5, 0.6) is 0 Å². The molecule has 0 aromatic rings. The van der Waals surface area contributed by atoms with Crippen molar-refractivity contribution in [2.24, 2.45) is 22.7 Å². The molecule has 0 aromatic carbocycles. The summed E-state index contributed by atoms with van der Waals surface area (Å²) in [6.45, 7) is 18.0. The van der Waals surface area contributed by atoms with E-state index in [1.54, 1.807) is 0 Å². The van der Waals surface area contributed by atoms with E-state index in [1.165, 1.54) is 12.0 Å². The van der Waals surface area contributed by atoms with Gasteiger partial charge in [-0.25, -0.2) is 0 Å². The predicted molar refractivity (Wildman–Crippen MR) is 77.4 cm³/mol. The molecule has 2 aliphatic carbocycles. The fourth-order valence-corrected chi connectivity index (χ4v) is 3.87. The molecule has 1 unspecified atom stereocenters. The molecule has 2 aliphatic rings. The summed E-state index contributed by atoms with van der Waals surface area (Å²) in [5.41, 5.74) is 1.83. The van der Waals surface area contributed by atoms with Gasteiger partial charge in [-0.05, 0) is 61.3 Å². The van der Waals surface area contributed by atoms with Crippen molar-refractivity contribution in [2.45, 2.75) is 53.9 Å². The van der Waals surface area contributed by atoms with E-state index in [2.05, 4.69) is 33.9 Å². The van der Waals surface area contributed by atoms with Gasteiger partial charge in [0.15, 0.2) is 0 Å². The first-order chi connectivity index (χ1) is 8.54. The van der Waals surface area contributed by atoms with Crippen LogP contribution < -0.4 is 5.11 Å². The Hall–Kier alpha value is -1.05. The number of carboxylic acids is 1. The fraction of sp³-hybridized carbons (Fsp3) is 0.706. The summed E-state index contributed by atoms with van der Waals surface area (Å²) < 4.78 is 0. The topological polar surface area (TPSA) is 40.1 Å². The molecule has 3 atom stereocenters. The summed E-state index contributed by atoms with van der Waals surface area (Å²) in [6, 6.07) is 0. The third-order valence-electron chi connectivity index (χ3n) is 5.48. The quantitative estimate of drug-likeness (QED) is 0.566. The number of carbonyl (C=O) groups excluding carboxylic acids is 1. The zero-order valence-electron chi connectivity index (χ0n) is 13.0. The number of hydrogen-bond acceptors (Lipinski definition) is 2. The molecule has 0 aliphatic heterocycles. The van der Waals surface area contributed by atoms with E-state index < -0.39 is 5.97 Å². The van der Waals surface area contributed by atoms with Crippen LogP contribution in [0.25, 0.3) is 0 Å². The second kappa shape index (κ2) is 5.15. The smallest absolute Gasteiger partial charge is 0.0671 e. The SMILES string of the molecule is C=C(C(=O)[O-])C1C[C@H]2CC[C@@]1(C)C2(C)C.C=C(C)C. The molecular formula is C17H27O2-. The van der Waals surface area contributed by atoms with Gasteiger partial charge in [-0.15, -0.1) is 6.58 Å². The predicted octanol–water partition coefficient (Wildman–Crippen LogP) is 3.34. The maximum Gasteiger partial charge on any atom is 0.0671 e. The number of fused-ring (bicyclic) bond motifs is 2. The lowest BCUT2D eigenvalue weighted by molar-refractivity contribution is -0.300. The van der Waals surface area contributed by atoms with Crippen molar-refractivity contribution in [3.63, 3.8) is 0 Å². The van der Waals surface area contributed by atoms with E-state index in [0.29, 0.717) is 11.5 Å². The van der Waals surface area contributed by atoms with Crippen LogP contribution >= 0.6 is 0 Å². The van der Waals surface area contributed by atoms with Crippen LogP contribution in [0, 0.1) is 22.7 Å². The van der Waals surface area contributed by atoms with Gasteiger partial charge in [-0.2, -0.15) is 0 Å². The van der Waals surface area contributed by atoms with Crippen LogP contribution in [-0.2, 0) is 4.79 Å². The van der Waals surface area contributed by atoms with E-state index in [0.717, 1.165) is 12.8 Å². The first-order valence-corrected chi connectivity index (χ1v) is 7.06. The van der Waals surface area contributed by atoms with Crippen LogP contribution in [0.3, 0.4) is 0 Å². The minimum atomic E-state index is -1.07. The van der Waals surface area contributed by atoms with Gasteiger partial charge in [-0.3, -0.25) is 0 Å². The molecule has 19 heavy (non-hydrogen) atoms. The van der Waals surface area contributed by atoms with Crippen molar-refractivity contribution in [1.29, 1.82) is 0 Å². The third-order valence-corrected chi connectivity index (χ3v) is 5.48. The molecule has 0 aromatic heterocycles. The summed E-state index contributed by atoms with van der Waals surface area (Å²) in [7, 11) is 0. The summed E-state index contributed by atoms with van der Waals surface area (Å²) in [4.78, 5) is 10.9. The Labute approximate surface area is 117 Å². The lowest BCUT2D eigenvalue weighted by Crippen LogP contribution is -2.37. The standard InChI is InChI=1S/C13H20O2.C4H8/c1-8(11(14)15)10-7-9-5-6-13(10,4)12(9,2)3;1-4(2)3/h9-10H,1,5-7H2,2-4H3,(H,14,15);1H2,2-3H3/p-1/t9-,10?,13-;/m1./s1. The molecule has 2 heteroatoms. The summed E-state index contributed by atoms with van der Waals surface area (Å²) in [6.07, 6.45) is 3.35. The Morgan fingerprint density at radius 1 is 1.21 bits per heavy atom. The first kappa shape index (κ1) is 16.0. The molecule has 0 heterocycles. The van der Waals surface area contributed by atoms with Crippen molar-refractivity contribution in [1.82, 2.24) is 0 Å². The number of hydrogen-bond donors (Lipinski definition) is 0. The highest BCUT2D eigenvalue weighted by Crippen LogP contribution is 2.69. The van der Waals surface area contributed by atoms with E-state index in [4.69, 9.17) is 0 Å². The number of carbonyl (C=O) groups is 1. The molecule has 0 spiro atoms. The van der Waals surface area contributed by atoms with Crippen LogP contribution in [0.15, 0.2) is 24.3 Å². The Kier molecular flexibility index (Phi) is 4.33. The first-order valence-electron chi connectivity index (χ1n) is 7.06. The molecule has 2 nitrogen and oxygen atoms in total. The zero-order valence-corrected chi connectivity index (χ0v) is 13.0. The minimum Gasteiger partial charge on any atom is -0.545 e. The van der Waals surface area contributed by atoms with Gasteiger partial charge in [0.1, 0.15) is 0 Å². The molecule has 0 N–H and O–H groups in total. The highest BCUT2D eigenvalue weighted by atomic mass is 16.4. The van der Waals surface area contributed by atoms with E-state index in [1.807, 2.05) is 13.8 Å². The Bertz CT molecular complexity index is 401. The maximum absolute atomic E-state index is 10.9. The third kappa shape index (κ3) is 2.63. The molecule has 2 rings (SSSR count). The molecular weight excluding hydrogens is 236 g/mol.